The zero-order valence-electron chi connectivity index (χ0n) is 12.8. The largest absolute Gasteiger partial charge is 0.497 e. The molecule has 7 nitrogen and oxygen atoms in total. The minimum Gasteiger partial charge on any atom is -0.497 e. The highest BCUT2D eigenvalue weighted by Crippen LogP contribution is 2.18. The van der Waals surface area contributed by atoms with Gasteiger partial charge in [0.2, 0.25) is 15.9 Å². The maximum atomic E-state index is 12.5. The van der Waals surface area contributed by atoms with E-state index in [1.54, 1.807) is 17.0 Å². The Balaban J connectivity index is 2.05. The summed E-state index contributed by atoms with van der Waals surface area (Å²) in [5.74, 6) is 0.402. The first-order valence-electron chi connectivity index (χ1n) is 7.04. The van der Waals surface area contributed by atoms with E-state index in [1.165, 1.54) is 26.3 Å². The summed E-state index contributed by atoms with van der Waals surface area (Å²) in [6.45, 7) is 2.53. The van der Waals surface area contributed by atoms with Gasteiger partial charge in [-0.15, -0.1) is 0 Å². The normalized spacial score (nSPS) is 15.9. The van der Waals surface area contributed by atoms with Crippen molar-refractivity contribution in [2.24, 2.45) is 0 Å². The molecule has 1 amide bonds. The number of methoxy groups -OCH3 is 1. The molecule has 0 radical (unpaired) electrons. The van der Waals surface area contributed by atoms with Crippen LogP contribution in [0.2, 0.25) is 0 Å². The molecule has 1 aromatic carbocycles. The van der Waals surface area contributed by atoms with E-state index in [0.717, 1.165) is 17.4 Å². The third kappa shape index (κ3) is 3.76. The van der Waals surface area contributed by atoms with Crippen molar-refractivity contribution in [3.05, 3.63) is 24.3 Å². The number of sulfonamides is 1. The summed E-state index contributed by atoms with van der Waals surface area (Å²) in [5, 5.41) is 3.15. The number of amides is 1. The van der Waals surface area contributed by atoms with Crippen LogP contribution in [0, 0.1) is 0 Å². The van der Waals surface area contributed by atoms with E-state index in [9.17, 15) is 13.2 Å². The van der Waals surface area contributed by atoms with E-state index >= 15 is 0 Å². The third-order valence-electron chi connectivity index (χ3n) is 3.60. The van der Waals surface area contributed by atoms with Gasteiger partial charge in [0, 0.05) is 33.2 Å². The standard InChI is InChI=1S/C14H21N3O4S/c1-16(11-14(18)17-9-7-15-8-10-17)22(19,20)13-5-3-12(21-2)4-6-13/h3-6,15H,7-11H2,1-2H3. The maximum absolute atomic E-state index is 12.5. The van der Waals surface area contributed by atoms with E-state index in [0.29, 0.717) is 18.8 Å². The van der Waals surface area contributed by atoms with Crippen molar-refractivity contribution in [1.82, 2.24) is 14.5 Å². The molecule has 0 spiro atoms. The third-order valence-corrected chi connectivity index (χ3v) is 5.41. The number of hydrogen-bond donors (Lipinski definition) is 1. The van der Waals surface area contributed by atoms with Crippen LogP contribution < -0.4 is 10.1 Å². The van der Waals surface area contributed by atoms with Crippen LogP contribution in [-0.2, 0) is 14.8 Å². The molecule has 0 saturated carbocycles. The monoisotopic (exact) mass is 327 g/mol. The molecule has 1 aliphatic heterocycles. The number of nitrogens with zero attached hydrogens (tertiary/aromatic N) is 2. The number of hydrogen-bond acceptors (Lipinski definition) is 5. The average Bonchev–Trinajstić information content (AvgIpc) is 2.55. The molecular formula is C14H21N3O4S. The first-order chi connectivity index (χ1) is 10.4. The Bertz CT molecular complexity index is 609. The summed E-state index contributed by atoms with van der Waals surface area (Å²) in [5.41, 5.74) is 0. The highest BCUT2D eigenvalue weighted by atomic mass is 32.2. The topological polar surface area (TPSA) is 79.0 Å². The van der Waals surface area contributed by atoms with Crippen LogP contribution >= 0.6 is 0 Å². The number of likely N-dealkylation sites (N-methyl/N-ethyl adjacent to an activating group) is 1. The average molecular weight is 327 g/mol. The summed E-state index contributed by atoms with van der Waals surface area (Å²) in [4.78, 5) is 14.0. The molecule has 0 aromatic heterocycles. The molecule has 2 rings (SSSR count). The number of piperazine rings is 1. The van der Waals surface area contributed by atoms with Gasteiger partial charge in [0.15, 0.2) is 0 Å². The van der Waals surface area contributed by atoms with Gasteiger partial charge in [-0.2, -0.15) is 4.31 Å². The van der Waals surface area contributed by atoms with Gasteiger partial charge >= 0.3 is 0 Å². The van der Waals surface area contributed by atoms with Crippen LogP contribution in [0.25, 0.3) is 0 Å². The molecule has 22 heavy (non-hydrogen) atoms. The number of ether oxygens (including phenoxy) is 1. The molecule has 0 atom stereocenters. The van der Waals surface area contributed by atoms with Gasteiger partial charge in [-0.25, -0.2) is 8.42 Å². The lowest BCUT2D eigenvalue weighted by molar-refractivity contribution is -0.131. The molecular weight excluding hydrogens is 306 g/mol. The van der Waals surface area contributed by atoms with Gasteiger partial charge < -0.3 is 15.0 Å². The zero-order chi connectivity index (χ0) is 16.2. The van der Waals surface area contributed by atoms with E-state index in [-0.39, 0.29) is 17.3 Å². The number of rotatable bonds is 5. The Morgan fingerprint density at radius 3 is 2.41 bits per heavy atom. The lowest BCUT2D eigenvalue weighted by Crippen LogP contribution is -2.49. The van der Waals surface area contributed by atoms with E-state index in [2.05, 4.69) is 5.32 Å². The lowest BCUT2D eigenvalue weighted by Gasteiger charge is -2.29. The van der Waals surface area contributed by atoms with Gasteiger partial charge in [-0.05, 0) is 24.3 Å². The van der Waals surface area contributed by atoms with E-state index in [1.807, 2.05) is 0 Å². The van der Waals surface area contributed by atoms with Gasteiger partial charge in [0.1, 0.15) is 5.75 Å². The Hall–Kier alpha value is -1.64. The number of carbonyl (C=O) groups is 1. The highest BCUT2D eigenvalue weighted by molar-refractivity contribution is 7.89. The van der Waals surface area contributed by atoms with Crippen molar-refractivity contribution in [3.8, 4) is 5.75 Å². The second kappa shape index (κ2) is 7.08. The molecule has 1 heterocycles. The smallest absolute Gasteiger partial charge is 0.243 e. The molecule has 1 aromatic rings. The van der Waals surface area contributed by atoms with Crippen molar-refractivity contribution < 1.29 is 17.9 Å². The maximum Gasteiger partial charge on any atom is 0.243 e. The van der Waals surface area contributed by atoms with Crippen LogP contribution in [-0.4, -0.2) is 70.4 Å². The number of benzene rings is 1. The lowest BCUT2D eigenvalue weighted by atomic mass is 10.3. The summed E-state index contributed by atoms with van der Waals surface area (Å²) >= 11 is 0. The molecule has 1 aliphatic rings. The quantitative estimate of drug-likeness (QED) is 0.807. The molecule has 1 N–H and O–H groups in total. The summed E-state index contributed by atoms with van der Waals surface area (Å²) in [7, 11) is -0.751. The fourth-order valence-electron chi connectivity index (χ4n) is 2.22. The zero-order valence-corrected chi connectivity index (χ0v) is 13.6. The summed E-state index contributed by atoms with van der Waals surface area (Å²) in [6, 6.07) is 6.11. The Kier molecular flexibility index (Phi) is 5.38. The van der Waals surface area contributed by atoms with Crippen molar-refractivity contribution in [3.63, 3.8) is 0 Å². The first kappa shape index (κ1) is 16.7. The van der Waals surface area contributed by atoms with Gasteiger partial charge in [-0.1, -0.05) is 0 Å². The molecule has 0 bridgehead atoms. The Morgan fingerprint density at radius 1 is 1.27 bits per heavy atom. The van der Waals surface area contributed by atoms with Crippen molar-refractivity contribution in [2.45, 2.75) is 4.90 Å². The predicted molar refractivity (Wildman–Crippen MR) is 82.3 cm³/mol. The molecule has 0 aliphatic carbocycles. The molecule has 1 fully saturated rings. The Labute approximate surface area is 130 Å². The van der Waals surface area contributed by atoms with Crippen molar-refractivity contribution >= 4 is 15.9 Å². The van der Waals surface area contributed by atoms with E-state index in [4.69, 9.17) is 4.74 Å². The minimum atomic E-state index is -3.68. The van der Waals surface area contributed by atoms with Crippen LogP contribution in [0.3, 0.4) is 0 Å². The highest BCUT2D eigenvalue weighted by Gasteiger charge is 2.25. The van der Waals surface area contributed by atoms with Crippen LogP contribution in [0.15, 0.2) is 29.2 Å². The van der Waals surface area contributed by atoms with E-state index < -0.39 is 10.0 Å². The second-order valence-electron chi connectivity index (χ2n) is 5.07. The molecule has 8 heteroatoms. The van der Waals surface area contributed by atoms with Crippen molar-refractivity contribution in [2.75, 3.05) is 46.9 Å². The number of nitrogens with one attached hydrogen (secondary N) is 1. The fraction of sp³-hybridized carbons (Fsp3) is 0.500. The first-order valence-corrected chi connectivity index (χ1v) is 8.48. The SMILES string of the molecule is COc1ccc(S(=O)(=O)N(C)CC(=O)N2CCNCC2)cc1. The summed E-state index contributed by atoms with van der Waals surface area (Å²) in [6.07, 6.45) is 0. The van der Waals surface area contributed by atoms with Crippen LogP contribution in [0.5, 0.6) is 5.75 Å². The van der Waals surface area contributed by atoms with Crippen LogP contribution in [0.4, 0.5) is 0 Å². The summed E-state index contributed by atoms with van der Waals surface area (Å²) < 4.78 is 31.0. The van der Waals surface area contributed by atoms with Crippen molar-refractivity contribution in [1.29, 1.82) is 0 Å². The molecule has 1 saturated heterocycles. The molecule has 122 valence electrons. The Morgan fingerprint density at radius 2 is 1.86 bits per heavy atom. The van der Waals surface area contributed by atoms with Gasteiger partial charge in [0.25, 0.3) is 0 Å². The number of carbonyl (C=O) groups excluding carboxylic acids is 1. The predicted octanol–water partition coefficient (Wildman–Crippen LogP) is -0.252. The molecule has 0 unspecified atom stereocenters. The fourth-order valence-corrected chi connectivity index (χ4v) is 3.34. The minimum absolute atomic E-state index is 0.143. The van der Waals surface area contributed by atoms with Crippen LogP contribution in [0.1, 0.15) is 0 Å². The second-order valence-corrected chi connectivity index (χ2v) is 7.11. The van der Waals surface area contributed by atoms with Gasteiger partial charge in [-0.3, -0.25) is 4.79 Å². The van der Waals surface area contributed by atoms with Gasteiger partial charge in [0.05, 0.1) is 18.6 Å².